The van der Waals surface area contributed by atoms with Crippen LogP contribution in [0.4, 0.5) is 0 Å². The van der Waals surface area contributed by atoms with Gasteiger partial charge in [-0.1, -0.05) is 13.2 Å². The van der Waals surface area contributed by atoms with Gasteiger partial charge in [0, 0.05) is 6.07 Å². The van der Waals surface area contributed by atoms with Gasteiger partial charge < -0.3 is 0 Å². The largest absolute Gasteiger partial charge is 0.196 e. The zero-order chi connectivity index (χ0) is 7.40. The number of aromatic nitrogens is 2. The van der Waals surface area contributed by atoms with Crippen molar-refractivity contribution in [3.05, 3.63) is 37.7 Å². The molecule has 0 fully saturated rings. The monoisotopic (exact) mass is 135 g/mol. The maximum atomic E-state index is 3.65. The number of rotatable bonds is 3. The standard InChI is InChI=1S/C8H11N2/c1-3-6-10-8-5-7-9(10)4-2/h3-5,7-8H,1-2,6H2/q+1. The highest BCUT2D eigenvalue weighted by Crippen LogP contribution is 1.81. The van der Waals surface area contributed by atoms with Crippen LogP contribution in [0.25, 0.3) is 6.20 Å². The Morgan fingerprint density at radius 2 is 2.30 bits per heavy atom. The normalized spacial score (nSPS) is 9.20. The van der Waals surface area contributed by atoms with E-state index in [4.69, 9.17) is 0 Å². The fraction of sp³-hybridized carbons (Fsp3) is 0.125. The Morgan fingerprint density at radius 1 is 1.50 bits per heavy atom. The van der Waals surface area contributed by atoms with Gasteiger partial charge in [0.05, 0.1) is 12.4 Å². The van der Waals surface area contributed by atoms with E-state index in [1.165, 1.54) is 0 Å². The number of hydrogen-bond donors (Lipinski definition) is 0. The van der Waals surface area contributed by atoms with E-state index in [0.717, 1.165) is 6.54 Å². The van der Waals surface area contributed by atoms with E-state index in [1.807, 2.05) is 33.9 Å². The van der Waals surface area contributed by atoms with Gasteiger partial charge in [-0.25, -0.2) is 0 Å². The van der Waals surface area contributed by atoms with Crippen molar-refractivity contribution in [1.82, 2.24) is 4.68 Å². The molecular weight excluding hydrogens is 124 g/mol. The third kappa shape index (κ3) is 1.16. The highest BCUT2D eigenvalue weighted by molar-refractivity contribution is 5.09. The Hall–Kier alpha value is -1.31. The van der Waals surface area contributed by atoms with Crippen LogP contribution in [0.2, 0.25) is 0 Å². The van der Waals surface area contributed by atoms with Crippen LogP contribution < -0.4 is 4.68 Å². The SMILES string of the molecule is C=CC[n+]1cccn1C=C. The topological polar surface area (TPSA) is 8.81 Å². The second-order valence-corrected chi connectivity index (χ2v) is 1.96. The Labute approximate surface area is 60.7 Å². The van der Waals surface area contributed by atoms with Crippen molar-refractivity contribution in [3.63, 3.8) is 0 Å². The highest BCUT2D eigenvalue weighted by Gasteiger charge is 1.99. The van der Waals surface area contributed by atoms with E-state index in [-0.39, 0.29) is 0 Å². The van der Waals surface area contributed by atoms with Crippen LogP contribution in [-0.2, 0) is 6.54 Å². The smallest absolute Gasteiger partial charge is 0.136 e. The van der Waals surface area contributed by atoms with E-state index in [0.29, 0.717) is 0 Å². The minimum Gasteiger partial charge on any atom is -0.136 e. The summed E-state index contributed by atoms with van der Waals surface area (Å²) >= 11 is 0. The number of allylic oxidation sites excluding steroid dienone is 1. The van der Waals surface area contributed by atoms with Crippen molar-refractivity contribution in [1.29, 1.82) is 0 Å². The van der Waals surface area contributed by atoms with Gasteiger partial charge in [-0.3, -0.25) is 0 Å². The predicted molar refractivity (Wildman–Crippen MR) is 41.2 cm³/mol. The van der Waals surface area contributed by atoms with E-state index in [9.17, 15) is 0 Å². The molecule has 0 aliphatic rings. The summed E-state index contributed by atoms with van der Waals surface area (Å²) in [6, 6.07) is 1.96. The molecule has 0 atom stereocenters. The first kappa shape index (κ1) is 6.81. The Bertz CT molecular complexity index is 235. The molecule has 0 saturated carbocycles. The summed E-state index contributed by atoms with van der Waals surface area (Å²) in [5.41, 5.74) is 0. The molecule has 2 nitrogen and oxygen atoms in total. The molecule has 0 amide bonds. The van der Waals surface area contributed by atoms with Crippen LogP contribution in [0, 0.1) is 0 Å². The zero-order valence-electron chi connectivity index (χ0n) is 5.90. The molecule has 0 radical (unpaired) electrons. The lowest BCUT2D eigenvalue weighted by Crippen LogP contribution is -2.39. The molecule has 1 aromatic rings. The van der Waals surface area contributed by atoms with Crippen molar-refractivity contribution >= 4 is 6.20 Å². The molecule has 0 aliphatic heterocycles. The van der Waals surface area contributed by atoms with Crippen LogP contribution in [0.15, 0.2) is 37.7 Å². The molecule has 0 aromatic carbocycles. The lowest BCUT2D eigenvalue weighted by Gasteiger charge is -1.90. The van der Waals surface area contributed by atoms with Crippen LogP contribution in [0.3, 0.4) is 0 Å². The summed E-state index contributed by atoms with van der Waals surface area (Å²) in [7, 11) is 0. The summed E-state index contributed by atoms with van der Waals surface area (Å²) in [6.45, 7) is 8.11. The van der Waals surface area contributed by atoms with Gasteiger partial charge in [0.15, 0.2) is 12.7 Å². The van der Waals surface area contributed by atoms with Gasteiger partial charge in [-0.05, 0) is 6.08 Å². The molecule has 0 saturated heterocycles. The second kappa shape index (κ2) is 3.01. The second-order valence-electron chi connectivity index (χ2n) is 1.96. The number of nitrogens with zero attached hydrogens (tertiary/aromatic N) is 2. The van der Waals surface area contributed by atoms with E-state index in [2.05, 4.69) is 13.2 Å². The Kier molecular flexibility index (Phi) is 2.05. The third-order valence-corrected chi connectivity index (χ3v) is 1.30. The summed E-state index contributed by atoms with van der Waals surface area (Å²) in [4.78, 5) is 0. The van der Waals surface area contributed by atoms with Gasteiger partial charge in [-0.15, -0.1) is 9.36 Å². The minimum absolute atomic E-state index is 0.818. The van der Waals surface area contributed by atoms with Crippen molar-refractivity contribution < 1.29 is 4.68 Å². The molecule has 0 spiro atoms. The molecule has 1 rings (SSSR count). The molecule has 0 unspecified atom stereocenters. The van der Waals surface area contributed by atoms with Crippen LogP contribution in [-0.4, -0.2) is 4.68 Å². The lowest BCUT2D eigenvalue weighted by atomic mass is 10.6. The van der Waals surface area contributed by atoms with Gasteiger partial charge in [0.25, 0.3) is 0 Å². The lowest BCUT2D eigenvalue weighted by molar-refractivity contribution is -0.755. The van der Waals surface area contributed by atoms with E-state index in [1.54, 1.807) is 6.20 Å². The summed E-state index contributed by atoms with van der Waals surface area (Å²) in [5, 5.41) is 0. The van der Waals surface area contributed by atoms with Crippen molar-refractivity contribution in [2.24, 2.45) is 0 Å². The van der Waals surface area contributed by atoms with Crippen LogP contribution in [0.5, 0.6) is 0 Å². The fourth-order valence-corrected chi connectivity index (χ4v) is 0.842. The Balaban J connectivity index is 2.89. The zero-order valence-corrected chi connectivity index (χ0v) is 5.90. The third-order valence-electron chi connectivity index (χ3n) is 1.30. The van der Waals surface area contributed by atoms with Crippen molar-refractivity contribution in [2.75, 3.05) is 0 Å². The van der Waals surface area contributed by atoms with Crippen LogP contribution in [0.1, 0.15) is 0 Å². The molecule has 0 N–H and O–H groups in total. The van der Waals surface area contributed by atoms with Crippen molar-refractivity contribution in [2.45, 2.75) is 6.54 Å². The minimum atomic E-state index is 0.818. The van der Waals surface area contributed by atoms with E-state index >= 15 is 0 Å². The molecule has 10 heavy (non-hydrogen) atoms. The van der Waals surface area contributed by atoms with Crippen LogP contribution >= 0.6 is 0 Å². The maximum Gasteiger partial charge on any atom is 0.196 e. The predicted octanol–water partition coefficient (Wildman–Crippen LogP) is 1.06. The van der Waals surface area contributed by atoms with Crippen molar-refractivity contribution in [3.8, 4) is 0 Å². The first-order chi connectivity index (χ1) is 4.88. The fourth-order valence-electron chi connectivity index (χ4n) is 0.842. The number of hydrogen-bond acceptors (Lipinski definition) is 0. The molecule has 52 valence electrons. The molecule has 2 heteroatoms. The summed E-state index contributed by atoms with van der Waals surface area (Å²) < 4.78 is 3.90. The van der Waals surface area contributed by atoms with Gasteiger partial charge >= 0.3 is 0 Å². The first-order valence-electron chi connectivity index (χ1n) is 3.18. The summed E-state index contributed by atoms with van der Waals surface area (Å²) in [5.74, 6) is 0. The molecule has 1 aromatic heterocycles. The molecule has 0 bridgehead atoms. The molecule has 0 aliphatic carbocycles. The van der Waals surface area contributed by atoms with Gasteiger partial charge in [0.2, 0.25) is 0 Å². The van der Waals surface area contributed by atoms with Gasteiger partial charge in [0.1, 0.15) is 0 Å². The average Bonchev–Trinajstić information content (AvgIpc) is 2.36. The molecular formula is C8H11N2+. The summed E-state index contributed by atoms with van der Waals surface area (Å²) in [6.07, 6.45) is 7.52. The highest BCUT2D eigenvalue weighted by atomic mass is 15.4. The van der Waals surface area contributed by atoms with E-state index < -0.39 is 0 Å². The first-order valence-corrected chi connectivity index (χ1v) is 3.18. The molecule has 1 heterocycles. The maximum absolute atomic E-state index is 3.65. The average molecular weight is 135 g/mol. The van der Waals surface area contributed by atoms with Gasteiger partial charge in [-0.2, -0.15) is 0 Å². The quantitative estimate of drug-likeness (QED) is 0.433. The Morgan fingerprint density at radius 3 is 2.90 bits per heavy atom.